The molecule has 0 aliphatic carbocycles. The Balaban J connectivity index is 1.53. The lowest BCUT2D eigenvalue weighted by molar-refractivity contribution is 0.0498. The number of halogens is 1. The summed E-state index contributed by atoms with van der Waals surface area (Å²) in [7, 11) is 0. The third-order valence-corrected chi connectivity index (χ3v) is 4.09. The van der Waals surface area contributed by atoms with Crippen molar-refractivity contribution in [2.45, 2.75) is 6.10 Å². The van der Waals surface area contributed by atoms with E-state index in [1.54, 1.807) is 35.2 Å². The van der Waals surface area contributed by atoms with Gasteiger partial charge >= 0.3 is 0 Å². The Bertz CT molecular complexity index is 652. The second-order valence-corrected chi connectivity index (χ2v) is 5.61. The average molecular weight is 318 g/mol. The predicted molar refractivity (Wildman–Crippen MR) is 82.4 cm³/mol. The highest BCUT2D eigenvalue weighted by atomic mass is 19.1. The van der Waals surface area contributed by atoms with Crippen LogP contribution >= 0.6 is 0 Å². The van der Waals surface area contributed by atoms with Crippen molar-refractivity contribution in [3.05, 3.63) is 59.8 Å². The van der Waals surface area contributed by atoms with Crippen LogP contribution in [0.25, 0.3) is 0 Å². The molecule has 3 rings (SSSR count). The Morgan fingerprint density at radius 3 is 2.57 bits per heavy atom. The van der Waals surface area contributed by atoms with Crippen molar-refractivity contribution < 1.29 is 18.7 Å². The van der Waals surface area contributed by atoms with Gasteiger partial charge in [0.05, 0.1) is 12.4 Å². The lowest BCUT2D eigenvalue weighted by Gasteiger charge is -2.35. The number of nitrogens with zero attached hydrogens (tertiary/aromatic N) is 2. The van der Waals surface area contributed by atoms with Crippen molar-refractivity contribution in [1.82, 2.24) is 9.80 Å². The topological polar surface area (TPSA) is 56.9 Å². The summed E-state index contributed by atoms with van der Waals surface area (Å²) in [5.74, 6) is -0.180. The summed E-state index contributed by atoms with van der Waals surface area (Å²) >= 11 is 0. The van der Waals surface area contributed by atoms with Gasteiger partial charge in [-0.1, -0.05) is 18.2 Å². The van der Waals surface area contributed by atoms with E-state index in [1.165, 1.54) is 12.3 Å². The number of hydrogen-bond donors (Lipinski definition) is 1. The van der Waals surface area contributed by atoms with Gasteiger partial charge in [-0.05, 0) is 18.2 Å². The number of benzene rings is 1. The molecule has 0 saturated carbocycles. The first-order valence-electron chi connectivity index (χ1n) is 7.63. The summed E-state index contributed by atoms with van der Waals surface area (Å²) in [4.78, 5) is 15.9. The SMILES string of the molecule is O=C(c1ccco1)N1CCN(CC(O)c2ccccc2F)CC1. The molecule has 1 unspecified atom stereocenters. The molecule has 0 radical (unpaired) electrons. The molecule has 0 bridgehead atoms. The van der Waals surface area contributed by atoms with Crippen LogP contribution in [-0.2, 0) is 0 Å². The number of carbonyl (C=O) groups is 1. The molecule has 1 aliphatic rings. The lowest BCUT2D eigenvalue weighted by Crippen LogP contribution is -2.49. The number of hydrogen-bond acceptors (Lipinski definition) is 4. The van der Waals surface area contributed by atoms with Gasteiger partial charge in [0.15, 0.2) is 5.76 Å². The summed E-state index contributed by atoms with van der Waals surface area (Å²) in [6.45, 7) is 2.74. The number of aliphatic hydroxyl groups is 1. The first kappa shape index (κ1) is 15.7. The molecule has 0 spiro atoms. The summed E-state index contributed by atoms with van der Waals surface area (Å²) < 4.78 is 18.8. The van der Waals surface area contributed by atoms with Gasteiger partial charge in [0.1, 0.15) is 5.82 Å². The Morgan fingerprint density at radius 2 is 1.91 bits per heavy atom. The minimum absolute atomic E-state index is 0.121. The Labute approximate surface area is 133 Å². The molecule has 1 fully saturated rings. The first-order chi connectivity index (χ1) is 11.1. The number of β-amino-alcohol motifs (C(OH)–C–C–N with tert-alkyl or cyclic N) is 1. The fourth-order valence-corrected chi connectivity index (χ4v) is 2.78. The number of aliphatic hydroxyl groups excluding tert-OH is 1. The number of carbonyl (C=O) groups excluding carboxylic acids is 1. The van der Waals surface area contributed by atoms with Gasteiger partial charge in [0, 0.05) is 38.3 Å². The molecule has 5 nitrogen and oxygen atoms in total. The van der Waals surface area contributed by atoms with E-state index in [4.69, 9.17) is 4.42 Å². The largest absolute Gasteiger partial charge is 0.459 e. The number of amides is 1. The van der Waals surface area contributed by atoms with E-state index in [0.29, 0.717) is 44.0 Å². The zero-order valence-corrected chi connectivity index (χ0v) is 12.7. The van der Waals surface area contributed by atoms with Crippen molar-refractivity contribution in [2.24, 2.45) is 0 Å². The molecule has 1 N–H and O–H groups in total. The second-order valence-electron chi connectivity index (χ2n) is 5.61. The molecule has 1 atom stereocenters. The summed E-state index contributed by atoms with van der Waals surface area (Å²) in [5, 5.41) is 10.2. The smallest absolute Gasteiger partial charge is 0.289 e. The number of rotatable bonds is 4. The zero-order chi connectivity index (χ0) is 16.2. The molecule has 1 aromatic heterocycles. The van der Waals surface area contributed by atoms with Gasteiger partial charge in [-0.3, -0.25) is 9.69 Å². The maximum Gasteiger partial charge on any atom is 0.289 e. The molecule has 6 heteroatoms. The minimum Gasteiger partial charge on any atom is -0.459 e. The highest BCUT2D eigenvalue weighted by Crippen LogP contribution is 2.19. The van der Waals surface area contributed by atoms with Crippen LogP contribution in [0.1, 0.15) is 22.2 Å². The molecule has 23 heavy (non-hydrogen) atoms. The van der Waals surface area contributed by atoms with Gasteiger partial charge in [-0.15, -0.1) is 0 Å². The van der Waals surface area contributed by atoms with E-state index in [0.717, 1.165) is 0 Å². The molecule has 122 valence electrons. The van der Waals surface area contributed by atoms with Crippen molar-refractivity contribution in [1.29, 1.82) is 0 Å². The van der Waals surface area contributed by atoms with E-state index in [9.17, 15) is 14.3 Å². The minimum atomic E-state index is -0.872. The fraction of sp³-hybridized carbons (Fsp3) is 0.353. The standard InChI is InChI=1S/C17H19FN2O3/c18-14-5-2-1-4-13(14)15(21)12-19-7-9-20(10-8-19)17(22)16-6-3-11-23-16/h1-6,11,15,21H,7-10,12H2. The monoisotopic (exact) mass is 318 g/mol. The Kier molecular flexibility index (Phi) is 4.73. The predicted octanol–water partition coefficient (Wildman–Crippen LogP) is 1.91. The van der Waals surface area contributed by atoms with Crippen LogP contribution in [0.5, 0.6) is 0 Å². The van der Waals surface area contributed by atoms with Crippen LogP contribution in [0.3, 0.4) is 0 Å². The van der Waals surface area contributed by atoms with E-state index in [-0.39, 0.29) is 5.91 Å². The fourth-order valence-electron chi connectivity index (χ4n) is 2.78. The molecule has 2 heterocycles. The van der Waals surface area contributed by atoms with Crippen molar-refractivity contribution in [3.63, 3.8) is 0 Å². The van der Waals surface area contributed by atoms with Gasteiger partial charge in [0.2, 0.25) is 0 Å². The summed E-state index contributed by atoms with van der Waals surface area (Å²) in [6.07, 6.45) is 0.609. The quantitative estimate of drug-likeness (QED) is 0.935. The molecule has 1 saturated heterocycles. The van der Waals surface area contributed by atoms with Gasteiger partial charge in [0.25, 0.3) is 5.91 Å². The van der Waals surface area contributed by atoms with E-state index < -0.39 is 11.9 Å². The molecular formula is C17H19FN2O3. The molecule has 2 aromatic rings. The van der Waals surface area contributed by atoms with Crippen LogP contribution in [0, 0.1) is 5.82 Å². The van der Waals surface area contributed by atoms with Crippen LogP contribution in [0.2, 0.25) is 0 Å². The number of piperazine rings is 1. The van der Waals surface area contributed by atoms with E-state index in [2.05, 4.69) is 0 Å². The van der Waals surface area contributed by atoms with Crippen molar-refractivity contribution >= 4 is 5.91 Å². The average Bonchev–Trinajstić information content (AvgIpc) is 3.09. The third kappa shape index (κ3) is 3.60. The molecule has 1 aliphatic heterocycles. The van der Waals surface area contributed by atoms with Gasteiger partial charge < -0.3 is 14.4 Å². The van der Waals surface area contributed by atoms with Crippen LogP contribution < -0.4 is 0 Å². The normalized spacial score (nSPS) is 17.2. The van der Waals surface area contributed by atoms with E-state index >= 15 is 0 Å². The summed E-state index contributed by atoms with van der Waals surface area (Å²) in [6, 6.07) is 9.59. The first-order valence-corrected chi connectivity index (χ1v) is 7.63. The highest BCUT2D eigenvalue weighted by Gasteiger charge is 2.25. The molecule has 1 amide bonds. The second kappa shape index (κ2) is 6.93. The third-order valence-electron chi connectivity index (χ3n) is 4.09. The van der Waals surface area contributed by atoms with Crippen LogP contribution in [0.15, 0.2) is 47.1 Å². The summed E-state index contributed by atoms with van der Waals surface area (Å²) in [5.41, 5.74) is 0.307. The van der Waals surface area contributed by atoms with Crippen molar-refractivity contribution in [3.8, 4) is 0 Å². The highest BCUT2D eigenvalue weighted by molar-refractivity contribution is 5.91. The van der Waals surface area contributed by atoms with Gasteiger partial charge in [-0.25, -0.2) is 4.39 Å². The van der Waals surface area contributed by atoms with Crippen molar-refractivity contribution in [2.75, 3.05) is 32.7 Å². The Morgan fingerprint density at radius 1 is 1.17 bits per heavy atom. The van der Waals surface area contributed by atoms with E-state index in [1.807, 2.05) is 4.90 Å². The van der Waals surface area contributed by atoms with Crippen LogP contribution in [-0.4, -0.2) is 53.5 Å². The zero-order valence-electron chi connectivity index (χ0n) is 12.7. The van der Waals surface area contributed by atoms with Gasteiger partial charge in [-0.2, -0.15) is 0 Å². The lowest BCUT2D eigenvalue weighted by atomic mass is 10.1. The van der Waals surface area contributed by atoms with Crippen LogP contribution in [0.4, 0.5) is 4.39 Å². The molecular weight excluding hydrogens is 299 g/mol. The maximum absolute atomic E-state index is 13.7. The Hall–Kier alpha value is -2.18. The number of furan rings is 1. The molecule has 1 aromatic carbocycles. The maximum atomic E-state index is 13.7.